The molecule has 0 heterocycles. The first-order valence-electron chi connectivity index (χ1n) is 6.28. The second kappa shape index (κ2) is 7.11. The first-order chi connectivity index (χ1) is 8.50. The van der Waals surface area contributed by atoms with Crippen LogP contribution in [-0.4, -0.2) is 12.5 Å². The second-order valence-corrected chi connectivity index (χ2v) is 4.61. The Morgan fingerprint density at radius 2 is 2.17 bits per heavy atom. The van der Waals surface area contributed by atoms with Gasteiger partial charge in [-0.05, 0) is 50.4 Å². The van der Waals surface area contributed by atoms with Gasteiger partial charge in [-0.3, -0.25) is 4.79 Å². The number of benzene rings is 1. The van der Waals surface area contributed by atoms with Crippen molar-refractivity contribution in [1.29, 1.82) is 0 Å². The number of amides is 1. The maximum Gasteiger partial charge on any atom is 0.217 e. The molecule has 0 aliphatic heterocycles. The van der Waals surface area contributed by atoms with E-state index in [-0.39, 0.29) is 17.8 Å². The van der Waals surface area contributed by atoms with Crippen LogP contribution in [0.5, 0.6) is 0 Å². The second-order valence-electron chi connectivity index (χ2n) is 4.61. The molecule has 1 unspecified atom stereocenters. The molecule has 1 rings (SSSR count). The van der Waals surface area contributed by atoms with Crippen molar-refractivity contribution in [2.45, 2.75) is 39.2 Å². The molecule has 0 aliphatic rings. The normalized spacial score (nSPS) is 12.4. The highest BCUT2D eigenvalue weighted by Crippen LogP contribution is 2.16. The van der Waals surface area contributed by atoms with Crippen LogP contribution in [0.25, 0.3) is 0 Å². The van der Waals surface area contributed by atoms with E-state index < -0.39 is 0 Å². The van der Waals surface area contributed by atoms with Crippen LogP contribution in [0.2, 0.25) is 0 Å². The van der Waals surface area contributed by atoms with Gasteiger partial charge in [0, 0.05) is 12.5 Å². The summed E-state index contributed by atoms with van der Waals surface area (Å²) in [6, 6.07) is 5.39. The number of primary amides is 1. The van der Waals surface area contributed by atoms with Gasteiger partial charge in [0.15, 0.2) is 0 Å². The Morgan fingerprint density at radius 1 is 1.44 bits per heavy atom. The van der Waals surface area contributed by atoms with E-state index in [1.54, 1.807) is 19.1 Å². The van der Waals surface area contributed by atoms with Crippen LogP contribution >= 0.6 is 0 Å². The monoisotopic (exact) mass is 252 g/mol. The summed E-state index contributed by atoms with van der Waals surface area (Å²) in [6.07, 6.45) is 2.11. The minimum Gasteiger partial charge on any atom is -0.370 e. The minimum absolute atomic E-state index is 0.105. The molecule has 1 aromatic rings. The maximum atomic E-state index is 13.4. The molecule has 3 nitrogen and oxygen atoms in total. The average molecular weight is 252 g/mol. The first-order valence-corrected chi connectivity index (χ1v) is 6.28. The van der Waals surface area contributed by atoms with E-state index in [9.17, 15) is 9.18 Å². The molecule has 0 aliphatic carbocycles. The number of nitrogens with two attached hydrogens (primary N) is 1. The number of halogens is 1. The Bertz CT molecular complexity index is 407. The van der Waals surface area contributed by atoms with E-state index in [1.807, 2.05) is 13.0 Å². The van der Waals surface area contributed by atoms with E-state index in [1.165, 1.54) is 0 Å². The molecule has 0 spiro atoms. The number of unbranched alkanes of at least 4 members (excludes halogenated alkanes) is 1. The molecule has 4 heteroatoms. The van der Waals surface area contributed by atoms with Crippen molar-refractivity contribution in [2.75, 3.05) is 6.54 Å². The van der Waals surface area contributed by atoms with Gasteiger partial charge < -0.3 is 11.1 Å². The topological polar surface area (TPSA) is 55.1 Å². The molecule has 100 valence electrons. The third kappa shape index (κ3) is 4.84. The maximum absolute atomic E-state index is 13.4. The van der Waals surface area contributed by atoms with Gasteiger partial charge in [0.2, 0.25) is 5.91 Å². The van der Waals surface area contributed by atoms with Crippen molar-refractivity contribution in [2.24, 2.45) is 5.73 Å². The largest absolute Gasteiger partial charge is 0.370 e. The third-order valence-corrected chi connectivity index (χ3v) is 3.00. The summed E-state index contributed by atoms with van der Waals surface area (Å²) in [5, 5.41) is 3.30. The highest BCUT2D eigenvalue weighted by Gasteiger charge is 2.06. The van der Waals surface area contributed by atoms with Crippen LogP contribution in [0.3, 0.4) is 0 Å². The fourth-order valence-electron chi connectivity index (χ4n) is 1.74. The Balaban J connectivity index is 2.34. The summed E-state index contributed by atoms with van der Waals surface area (Å²) in [7, 11) is 0. The number of nitrogens with one attached hydrogen (secondary N) is 1. The van der Waals surface area contributed by atoms with E-state index in [4.69, 9.17) is 5.73 Å². The van der Waals surface area contributed by atoms with Gasteiger partial charge in [-0.1, -0.05) is 12.1 Å². The van der Waals surface area contributed by atoms with E-state index >= 15 is 0 Å². The van der Waals surface area contributed by atoms with Crippen molar-refractivity contribution in [3.05, 3.63) is 35.1 Å². The van der Waals surface area contributed by atoms with Crippen LogP contribution in [0.1, 0.15) is 43.4 Å². The van der Waals surface area contributed by atoms with Gasteiger partial charge in [0.25, 0.3) is 0 Å². The summed E-state index contributed by atoms with van der Waals surface area (Å²) >= 11 is 0. The fourth-order valence-corrected chi connectivity index (χ4v) is 1.74. The zero-order chi connectivity index (χ0) is 13.5. The van der Waals surface area contributed by atoms with Crippen molar-refractivity contribution >= 4 is 5.91 Å². The zero-order valence-corrected chi connectivity index (χ0v) is 11.0. The van der Waals surface area contributed by atoms with E-state index in [0.717, 1.165) is 24.9 Å². The lowest BCUT2D eigenvalue weighted by atomic mass is 10.1. The molecule has 0 radical (unpaired) electrons. The van der Waals surface area contributed by atoms with Gasteiger partial charge in [-0.2, -0.15) is 0 Å². The van der Waals surface area contributed by atoms with Gasteiger partial charge in [0.05, 0.1) is 0 Å². The molecular weight excluding hydrogens is 231 g/mol. The predicted octanol–water partition coefficient (Wildman–Crippen LogP) is 2.44. The highest BCUT2D eigenvalue weighted by molar-refractivity contribution is 5.73. The minimum atomic E-state index is -0.261. The molecule has 1 atom stereocenters. The smallest absolute Gasteiger partial charge is 0.217 e. The summed E-state index contributed by atoms with van der Waals surface area (Å²) < 4.78 is 13.4. The average Bonchev–Trinajstić information content (AvgIpc) is 2.31. The van der Waals surface area contributed by atoms with Gasteiger partial charge in [-0.25, -0.2) is 4.39 Å². The Morgan fingerprint density at radius 3 is 2.78 bits per heavy atom. The first kappa shape index (κ1) is 14.6. The number of carbonyl (C=O) groups is 1. The number of aryl methyl sites for hydroxylation is 1. The molecule has 1 amide bonds. The Labute approximate surface area is 108 Å². The van der Waals surface area contributed by atoms with Crippen molar-refractivity contribution in [1.82, 2.24) is 5.32 Å². The fraction of sp³-hybridized carbons (Fsp3) is 0.500. The van der Waals surface area contributed by atoms with Gasteiger partial charge in [-0.15, -0.1) is 0 Å². The highest BCUT2D eigenvalue weighted by atomic mass is 19.1. The standard InChI is InChI=1S/C14H21FN2O/c1-10-6-7-12(9-13(10)15)11(2)17-8-4-3-5-14(16)18/h6-7,9,11,17H,3-5,8H2,1-2H3,(H2,16,18). The molecule has 0 saturated carbocycles. The molecule has 0 bridgehead atoms. The number of hydrogen-bond acceptors (Lipinski definition) is 2. The van der Waals surface area contributed by atoms with Crippen LogP contribution in [-0.2, 0) is 4.79 Å². The van der Waals surface area contributed by atoms with Crippen LogP contribution < -0.4 is 11.1 Å². The molecular formula is C14H21FN2O. The predicted molar refractivity (Wildman–Crippen MR) is 70.6 cm³/mol. The summed E-state index contributed by atoms with van der Waals surface area (Å²) in [5.41, 5.74) is 6.65. The van der Waals surface area contributed by atoms with Crippen LogP contribution in [0.15, 0.2) is 18.2 Å². The zero-order valence-electron chi connectivity index (χ0n) is 11.0. The van der Waals surface area contributed by atoms with Crippen molar-refractivity contribution < 1.29 is 9.18 Å². The molecule has 3 N–H and O–H groups in total. The molecule has 0 fully saturated rings. The lowest BCUT2D eigenvalue weighted by Crippen LogP contribution is -2.20. The summed E-state index contributed by atoms with van der Waals surface area (Å²) in [5.74, 6) is -0.432. The number of rotatable bonds is 7. The lowest BCUT2D eigenvalue weighted by Gasteiger charge is -2.14. The Kier molecular flexibility index (Phi) is 5.78. The molecule has 0 aromatic heterocycles. The third-order valence-electron chi connectivity index (χ3n) is 3.00. The van der Waals surface area contributed by atoms with Crippen molar-refractivity contribution in [3.8, 4) is 0 Å². The number of hydrogen-bond donors (Lipinski definition) is 2. The number of carbonyl (C=O) groups excluding carboxylic acids is 1. The Hall–Kier alpha value is -1.42. The molecule has 0 saturated heterocycles. The van der Waals surface area contributed by atoms with E-state index in [2.05, 4.69) is 5.32 Å². The summed E-state index contributed by atoms with van der Waals surface area (Å²) in [6.45, 7) is 4.54. The lowest BCUT2D eigenvalue weighted by molar-refractivity contribution is -0.118. The molecule has 1 aromatic carbocycles. The van der Waals surface area contributed by atoms with Crippen LogP contribution in [0, 0.1) is 12.7 Å². The van der Waals surface area contributed by atoms with E-state index in [0.29, 0.717) is 12.0 Å². The SMILES string of the molecule is Cc1ccc(C(C)NCCCCC(N)=O)cc1F. The molecule has 18 heavy (non-hydrogen) atoms. The van der Waals surface area contributed by atoms with Gasteiger partial charge in [0.1, 0.15) is 5.82 Å². The quantitative estimate of drug-likeness (QED) is 0.732. The van der Waals surface area contributed by atoms with Gasteiger partial charge >= 0.3 is 0 Å². The van der Waals surface area contributed by atoms with Crippen molar-refractivity contribution in [3.63, 3.8) is 0 Å². The van der Waals surface area contributed by atoms with Crippen LogP contribution in [0.4, 0.5) is 4.39 Å². The summed E-state index contributed by atoms with van der Waals surface area (Å²) in [4.78, 5) is 10.5.